The molecule has 1 fully saturated rings. The molecule has 1 saturated carbocycles. The van der Waals surface area contributed by atoms with Crippen LogP contribution in [0.5, 0.6) is 0 Å². The molecule has 0 spiro atoms. The zero-order valence-electron chi connectivity index (χ0n) is 8.82. The Morgan fingerprint density at radius 3 is 1.80 bits per heavy atom. The molecule has 0 saturated heterocycles. The zero-order valence-corrected chi connectivity index (χ0v) is 8.82. The molecule has 0 unspecified atom stereocenters. The van der Waals surface area contributed by atoms with E-state index in [2.05, 4.69) is 0 Å². The van der Waals surface area contributed by atoms with Crippen LogP contribution < -0.4 is 0 Å². The fourth-order valence-corrected chi connectivity index (χ4v) is 1.70. The summed E-state index contributed by atoms with van der Waals surface area (Å²) in [4.78, 5) is 32.7. The van der Waals surface area contributed by atoms with Crippen LogP contribution in [0, 0.1) is 0 Å². The summed E-state index contributed by atoms with van der Waals surface area (Å²) in [5.41, 5.74) is 0. The lowest BCUT2D eigenvalue weighted by Gasteiger charge is -2.27. The summed E-state index contributed by atoms with van der Waals surface area (Å²) in [6.45, 7) is 2.58. The van der Waals surface area contributed by atoms with Crippen molar-refractivity contribution in [2.24, 2.45) is 0 Å². The molecule has 5 nitrogen and oxygen atoms in total. The molecule has 0 heterocycles. The van der Waals surface area contributed by atoms with E-state index in [0.29, 0.717) is 6.42 Å². The van der Waals surface area contributed by atoms with Crippen LogP contribution in [0.4, 0.5) is 0 Å². The average Bonchev–Trinajstić information content (AvgIpc) is 1.98. The van der Waals surface area contributed by atoms with Gasteiger partial charge in [0.1, 0.15) is 18.0 Å². The third kappa shape index (κ3) is 4.10. The van der Waals surface area contributed by atoms with Crippen molar-refractivity contribution >= 4 is 17.7 Å². The minimum absolute atomic E-state index is 0.0428. The monoisotopic (exact) mass is 214 g/mol. The van der Waals surface area contributed by atoms with Crippen molar-refractivity contribution in [1.82, 2.24) is 0 Å². The number of ketones is 1. The summed E-state index contributed by atoms with van der Waals surface area (Å²) in [6.07, 6.45) is -0.0549. The fraction of sp³-hybridized carbons (Fsp3) is 0.700. The molecular weight excluding hydrogens is 200 g/mol. The molecule has 1 rings (SSSR count). The molecule has 0 amide bonds. The SMILES string of the molecule is CC(=O)O[C@@H]1CC(=O)C[C@H](OC(C)=O)C1. The Bertz CT molecular complexity index is 254. The Kier molecular flexibility index (Phi) is 3.82. The second-order valence-corrected chi connectivity index (χ2v) is 3.65. The van der Waals surface area contributed by atoms with Gasteiger partial charge in [0.25, 0.3) is 0 Å². The maximum Gasteiger partial charge on any atom is 0.302 e. The van der Waals surface area contributed by atoms with Crippen LogP contribution in [-0.4, -0.2) is 29.9 Å². The van der Waals surface area contributed by atoms with E-state index in [0.717, 1.165) is 0 Å². The minimum atomic E-state index is -0.451. The summed E-state index contributed by atoms with van der Waals surface area (Å²) in [5.74, 6) is -0.883. The maximum atomic E-state index is 11.3. The van der Waals surface area contributed by atoms with E-state index < -0.39 is 24.1 Å². The Balaban J connectivity index is 2.51. The second kappa shape index (κ2) is 4.91. The van der Waals surface area contributed by atoms with Gasteiger partial charge < -0.3 is 9.47 Å². The highest BCUT2D eigenvalue weighted by Crippen LogP contribution is 2.21. The largest absolute Gasteiger partial charge is 0.462 e. The number of carbonyl (C=O) groups excluding carboxylic acids is 3. The molecule has 0 aromatic carbocycles. The predicted molar refractivity (Wildman–Crippen MR) is 50.0 cm³/mol. The molecule has 15 heavy (non-hydrogen) atoms. The highest BCUT2D eigenvalue weighted by Gasteiger charge is 2.30. The van der Waals surface area contributed by atoms with Crippen molar-refractivity contribution in [3.05, 3.63) is 0 Å². The zero-order chi connectivity index (χ0) is 11.4. The van der Waals surface area contributed by atoms with Gasteiger partial charge in [-0.05, 0) is 0 Å². The van der Waals surface area contributed by atoms with Crippen molar-refractivity contribution in [3.63, 3.8) is 0 Å². The van der Waals surface area contributed by atoms with Crippen LogP contribution in [0.2, 0.25) is 0 Å². The Hall–Kier alpha value is -1.39. The summed E-state index contributed by atoms with van der Waals surface area (Å²) >= 11 is 0. The Morgan fingerprint density at radius 1 is 1.07 bits per heavy atom. The molecule has 0 aromatic heterocycles. The van der Waals surface area contributed by atoms with Crippen molar-refractivity contribution in [1.29, 1.82) is 0 Å². The number of Topliss-reactive ketones (excluding diaryl/α,β-unsaturated/α-hetero) is 1. The number of carbonyl (C=O) groups is 3. The van der Waals surface area contributed by atoms with Crippen LogP contribution in [0.25, 0.3) is 0 Å². The molecule has 5 heteroatoms. The van der Waals surface area contributed by atoms with Gasteiger partial charge in [0.15, 0.2) is 0 Å². The molecule has 0 bridgehead atoms. The van der Waals surface area contributed by atoms with Gasteiger partial charge >= 0.3 is 11.9 Å². The smallest absolute Gasteiger partial charge is 0.302 e. The molecule has 0 radical (unpaired) electrons. The van der Waals surface area contributed by atoms with Crippen molar-refractivity contribution in [3.8, 4) is 0 Å². The van der Waals surface area contributed by atoms with Crippen LogP contribution in [-0.2, 0) is 23.9 Å². The highest BCUT2D eigenvalue weighted by atomic mass is 16.6. The highest BCUT2D eigenvalue weighted by molar-refractivity contribution is 5.81. The standard InChI is InChI=1S/C10H14O5/c1-6(11)14-9-3-8(13)4-10(5-9)15-7(2)12/h9-10H,3-5H2,1-2H3/t9-,10+. The Labute approximate surface area is 87.7 Å². The molecular formula is C10H14O5. The molecule has 1 aliphatic carbocycles. The first-order valence-electron chi connectivity index (χ1n) is 4.83. The van der Waals surface area contributed by atoms with Gasteiger partial charge in [0.2, 0.25) is 0 Å². The minimum Gasteiger partial charge on any atom is -0.462 e. The van der Waals surface area contributed by atoms with Gasteiger partial charge in [-0.1, -0.05) is 0 Å². The summed E-state index contributed by atoms with van der Waals surface area (Å²) in [7, 11) is 0. The van der Waals surface area contributed by atoms with Gasteiger partial charge in [0, 0.05) is 33.1 Å². The molecule has 0 aromatic rings. The molecule has 1 aliphatic rings. The molecule has 84 valence electrons. The Morgan fingerprint density at radius 2 is 1.47 bits per heavy atom. The van der Waals surface area contributed by atoms with E-state index >= 15 is 0 Å². The summed E-state index contributed by atoms with van der Waals surface area (Å²) < 4.78 is 9.84. The van der Waals surface area contributed by atoms with Gasteiger partial charge in [-0.3, -0.25) is 14.4 Å². The lowest BCUT2D eigenvalue weighted by Crippen LogP contribution is -2.35. The third-order valence-electron chi connectivity index (χ3n) is 2.10. The maximum absolute atomic E-state index is 11.3. The summed E-state index contributed by atoms with van der Waals surface area (Å²) in [6, 6.07) is 0. The topological polar surface area (TPSA) is 69.7 Å². The molecule has 2 atom stereocenters. The number of hydrogen-bond acceptors (Lipinski definition) is 5. The van der Waals surface area contributed by atoms with E-state index in [1.807, 2.05) is 0 Å². The first-order valence-corrected chi connectivity index (χ1v) is 4.83. The number of ether oxygens (including phenoxy) is 2. The van der Waals surface area contributed by atoms with Crippen molar-refractivity contribution in [2.45, 2.75) is 45.3 Å². The van der Waals surface area contributed by atoms with Gasteiger partial charge in [-0.15, -0.1) is 0 Å². The van der Waals surface area contributed by atoms with Crippen LogP contribution in [0.1, 0.15) is 33.1 Å². The lowest BCUT2D eigenvalue weighted by atomic mass is 9.93. The number of rotatable bonds is 2. The van der Waals surface area contributed by atoms with Crippen molar-refractivity contribution in [2.75, 3.05) is 0 Å². The molecule has 0 N–H and O–H groups in total. The van der Waals surface area contributed by atoms with Gasteiger partial charge in [0.05, 0.1) is 0 Å². The van der Waals surface area contributed by atoms with E-state index in [9.17, 15) is 14.4 Å². The van der Waals surface area contributed by atoms with Crippen molar-refractivity contribution < 1.29 is 23.9 Å². The van der Waals surface area contributed by atoms with Crippen LogP contribution in [0.15, 0.2) is 0 Å². The second-order valence-electron chi connectivity index (χ2n) is 3.65. The van der Waals surface area contributed by atoms with E-state index in [-0.39, 0.29) is 18.6 Å². The normalized spacial score (nSPS) is 25.9. The fourth-order valence-electron chi connectivity index (χ4n) is 1.70. The van der Waals surface area contributed by atoms with E-state index in [1.165, 1.54) is 13.8 Å². The number of hydrogen-bond donors (Lipinski definition) is 0. The first kappa shape index (κ1) is 11.7. The number of esters is 2. The van der Waals surface area contributed by atoms with Gasteiger partial charge in [-0.2, -0.15) is 0 Å². The van der Waals surface area contributed by atoms with Crippen LogP contribution >= 0.6 is 0 Å². The lowest BCUT2D eigenvalue weighted by molar-refractivity contribution is -0.158. The van der Waals surface area contributed by atoms with Gasteiger partial charge in [-0.25, -0.2) is 0 Å². The van der Waals surface area contributed by atoms with E-state index in [4.69, 9.17) is 9.47 Å². The van der Waals surface area contributed by atoms with E-state index in [1.54, 1.807) is 0 Å². The predicted octanol–water partition coefficient (Wildman–Crippen LogP) is 0.603. The summed E-state index contributed by atoms with van der Waals surface area (Å²) in [5, 5.41) is 0. The quantitative estimate of drug-likeness (QED) is 0.629. The average molecular weight is 214 g/mol. The first-order chi connectivity index (χ1) is 6.97. The third-order valence-corrected chi connectivity index (χ3v) is 2.10. The molecule has 0 aliphatic heterocycles. The van der Waals surface area contributed by atoms with Crippen LogP contribution in [0.3, 0.4) is 0 Å².